The van der Waals surface area contributed by atoms with Crippen molar-refractivity contribution in [1.29, 1.82) is 0 Å². The van der Waals surface area contributed by atoms with Crippen LogP contribution in [0.4, 0.5) is 0 Å². The first kappa shape index (κ1) is 15.5. The monoisotopic (exact) mass is 369 g/mol. The quantitative estimate of drug-likeness (QED) is 0.616. The van der Waals surface area contributed by atoms with E-state index in [4.69, 9.17) is 5.10 Å². The molecular formula is C19H23N5OS. The molecule has 2 bridgehead atoms. The first-order chi connectivity index (χ1) is 12.7. The standard InChI is InChI=1S/C19H23N5OS/c25-26(12-1-2-12)24-19-7-4-18(5-8-19,6-9-19)16-15-13-3-10-20-17(13)21-11-14(15)22-23-16/h3,10-12,24H,1-2,4-9H2,(H,20,21)(H,22,23). The van der Waals surface area contributed by atoms with E-state index in [1.165, 1.54) is 11.1 Å². The van der Waals surface area contributed by atoms with Crippen molar-refractivity contribution in [2.75, 3.05) is 0 Å². The third-order valence-electron chi connectivity index (χ3n) is 7.00. The summed E-state index contributed by atoms with van der Waals surface area (Å²) in [5.41, 5.74) is 3.41. The summed E-state index contributed by atoms with van der Waals surface area (Å²) >= 11 is -0.843. The van der Waals surface area contributed by atoms with Crippen molar-refractivity contribution < 1.29 is 4.55 Å². The number of nitrogens with one attached hydrogen (secondary N) is 3. The molecule has 0 amide bonds. The lowest BCUT2D eigenvalue weighted by molar-refractivity contribution is 0.0926. The summed E-state index contributed by atoms with van der Waals surface area (Å²) in [5, 5.41) is 10.8. The molecule has 0 saturated heterocycles. The van der Waals surface area contributed by atoms with E-state index < -0.39 is 11.4 Å². The molecule has 0 aliphatic heterocycles. The molecule has 0 spiro atoms. The molecule has 4 fully saturated rings. The Bertz CT molecular complexity index is 966. The summed E-state index contributed by atoms with van der Waals surface area (Å²) < 4.78 is 16.0. The van der Waals surface area contributed by atoms with Crippen molar-refractivity contribution in [3.05, 3.63) is 24.2 Å². The number of pyridine rings is 1. The highest BCUT2D eigenvalue weighted by molar-refractivity contribution is 7.90. The van der Waals surface area contributed by atoms with E-state index in [-0.39, 0.29) is 11.0 Å². The van der Waals surface area contributed by atoms with Crippen LogP contribution in [0.5, 0.6) is 0 Å². The highest BCUT2D eigenvalue weighted by Gasteiger charge is 2.54. The number of H-pyrrole nitrogens is 2. The van der Waals surface area contributed by atoms with Crippen LogP contribution in [0.1, 0.15) is 57.1 Å². The summed E-state index contributed by atoms with van der Waals surface area (Å²) in [4.78, 5) is 7.70. The predicted octanol–water partition coefficient (Wildman–Crippen LogP) is 3.20. The fraction of sp³-hybridized carbons (Fsp3) is 0.579. The van der Waals surface area contributed by atoms with Gasteiger partial charge in [-0.25, -0.2) is 4.98 Å². The zero-order valence-corrected chi connectivity index (χ0v) is 15.5. The summed E-state index contributed by atoms with van der Waals surface area (Å²) in [7, 11) is 0. The second-order valence-corrected chi connectivity index (χ2v) is 9.98. The smallest absolute Gasteiger partial charge is 0.138 e. The molecule has 1 atom stereocenters. The molecule has 0 radical (unpaired) electrons. The maximum atomic E-state index is 12.4. The van der Waals surface area contributed by atoms with Crippen LogP contribution in [-0.4, -0.2) is 35.5 Å². The summed E-state index contributed by atoms with van der Waals surface area (Å²) in [6.07, 6.45) is 12.7. The first-order valence-electron chi connectivity index (χ1n) is 9.67. The fourth-order valence-electron chi connectivity index (χ4n) is 5.18. The van der Waals surface area contributed by atoms with Gasteiger partial charge in [-0.15, -0.1) is 4.72 Å². The molecule has 7 rings (SSSR count). The van der Waals surface area contributed by atoms with Gasteiger partial charge < -0.3 is 9.54 Å². The van der Waals surface area contributed by atoms with Gasteiger partial charge in [0.15, 0.2) is 0 Å². The van der Waals surface area contributed by atoms with Crippen molar-refractivity contribution in [2.24, 2.45) is 0 Å². The molecule has 3 aromatic heterocycles. The Labute approximate surface area is 154 Å². The molecule has 3 aromatic rings. The van der Waals surface area contributed by atoms with Gasteiger partial charge in [-0.3, -0.25) is 5.10 Å². The maximum Gasteiger partial charge on any atom is 0.138 e. The second-order valence-electron chi connectivity index (χ2n) is 8.52. The average molecular weight is 369 g/mol. The molecule has 0 aromatic carbocycles. The fourth-order valence-corrected chi connectivity index (χ4v) is 6.64. The van der Waals surface area contributed by atoms with Gasteiger partial charge in [-0.05, 0) is 44.6 Å². The van der Waals surface area contributed by atoms with Crippen LogP contribution >= 0.6 is 0 Å². The van der Waals surface area contributed by atoms with Crippen LogP contribution in [0.15, 0.2) is 18.5 Å². The van der Waals surface area contributed by atoms with Crippen molar-refractivity contribution >= 4 is 33.3 Å². The molecule has 1 unspecified atom stereocenters. The summed E-state index contributed by atoms with van der Waals surface area (Å²) in [6, 6.07) is 2.11. The summed E-state index contributed by atoms with van der Waals surface area (Å²) in [6.45, 7) is 0. The van der Waals surface area contributed by atoms with E-state index in [2.05, 4.69) is 25.9 Å². The zero-order chi connectivity index (χ0) is 17.4. The molecule has 6 nitrogen and oxygen atoms in total. The molecule has 4 aliphatic rings. The normalized spacial score (nSPS) is 32.5. The Kier molecular flexibility index (Phi) is 3.12. The van der Waals surface area contributed by atoms with Gasteiger partial charge >= 0.3 is 0 Å². The Hall–Kier alpha value is -1.57. The highest BCUT2D eigenvalue weighted by Crippen LogP contribution is 2.55. The van der Waals surface area contributed by atoms with E-state index in [9.17, 15) is 4.55 Å². The predicted molar refractivity (Wildman–Crippen MR) is 102 cm³/mol. The van der Waals surface area contributed by atoms with E-state index >= 15 is 0 Å². The minimum absolute atomic E-state index is 0.0896. The average Bonchev–Trinajstić information content (AvgIpc) is 3.25. The minimum atomic E-state index is -0.843. The molecule has 4 saturated carbocycles. The third-order valence-corrected chi connectivity index (χ3v) is 8.72. The van der Waals surface area contributed by atoms with Gasteiger partial charge in [0.25, 0.3) is 0 Å². The number of nitrogens with zero attached hydrogens (tertiary/aromatic N) is 2. The number of hydrogen-bond donors (Lipinski definition) is 3. The van der Waals surface area contributed by atoms with Gasteiger partial charge in [0.05, 0.1) is 22.9 Å². The molecule has 26 heavy (non-hydrogen) atoms. The van der Waals surface area contributed by atoms with Gasteiger partial charge in [0.1, 0.15) is 10.9 Å². The Morgan fingerprint density at radius 3 is 2.65 bits per heavy atom. The lowest BCUT2D eigenvalue weighted by Crippen LogP contribution is -2.58. The molecule has 136 valence electrons. The molecule has 7 heteroatoms. The Morgan fingerprint density at radius 1 is 1.15 bits per heavy atom. The number of aromatic nitrogens is 4. The van der Waals surface area contributed by atoms with E-state index in [0.29, 0.717) is 5.25 Å². The SMILES string of the molecule is [O-][S+](NC12CCC(c3n[nH]c4cnc5[nH]ccc5c34)(CC1)CC2)C1CC1. The van der Waals surface area contributed by atoms with Crippen LogP contribution in [0.2, 0.25) is 0 Å². The van der Waals surface area contributed by atoms with Gasteiger partial charge in [0.2, 0.25) is 0 Å². The minimum Gasteiger partial charge on any atom is -0.598 e. The topological polar surface area (TPSA) is 92.4 Å². The van der Waals surface area contributed by atoms with Crippen LogP contribution in [0, 0.1) is 0 Å². The zero-order valence-electron chi connectivity index (χ0n) is 14.7. The van der Waals surface area contributed by atoms with E-state index in [1.807, 2.05) is 12.4 Å². The molecular weight excluding hydrogens is 346 g/mol. The highest BCUT2D eigenvalue weighted by atomic mass is 32.2. The third kappa shape index (κ3) is 2.14. The van der Waals surface area contributed by atoms with E-state index in [1.54, 1.807) is 0 Å². The lowest BCUT2D eigenvalue weighted by atomic mass is 9.56. The largest absolute Gasteiger partial charge is 0.598 e. The lowest BCUT2D eigenvalue weighted by Gasteiger charge is -2.52. The van der Waals surface area contributed by atoms with Gasteiger partial charge in [-0.1, -0.05) is 0 Å². The summed E-state index contributed by atoms with van der Waals surface area (Å²) in [5.74, 6) is 0. The number of fused-ring (bicyclic) bond motifs is 6. The number of aromatic amines is 2. The van der Waals surface area contributed by atoms with Gasteiger partial charge in [0, 0.05) is 46.6 Å². The van der Waals surface area contributed by atoms with E-state index in [0.717, 1.165) is 67.9 Å². The van der Waals surface area contributed by atoms with Crippen LogP contribution in [0.3, 0.4) is 0 Å². The van der Waals surface area contributed by atoms with Crippen LogP contribution in [-0.2, 0) is 16.8 Å². The number of rotatable bonds is 4. The molecule has 3 N–H and O–H groups in total. The first-order valence-corrected chi connectivity index (χ1v) is 10.9. The van der Waals surface area contributed by atoms with Crippen molar-refractivity contribution in [2.45, 2.75) is 67.6 Å². The maximum absolute atomic E-state index is 12.4. The van der Waals surface area contributed by atoms with Crippen LogP contribution < -0.4 is 4.72 Å². The molecule has 4 aliphatic carbocycles. The second kappa shape index (κ2) is 5.24. The van der Waals surface area contributed by atoms with Crippen LogP contribution in [0.25, 0.3) is 21.9 Å². The van der Waals surface area contributed by atoms with Crippen molar-refractivity contribution in [3.8, 4) is 0 Å². The van der Waals surface area contributed by atoms with Crippen molar-refractivity contribution in [3.63, 3.8) is 0 Å². The molecule has 3 heterocycles. The Balaban J connectivity index is 1.35. The Morgan fingerprint density at radius 2 is 1.92 bits per heavy atom. The number of hydrogen-bond acceptors (Lipinski definition) is 4. The van der Waals surface area contributed by atoms with Gasteiger partial charge in [-0.2, -0.15) is 5.10 Å². The van der Waals surface area contributed by atoms with Crippen molar-refractivity contribution in [1.82, 2.24) is 24.9 Å².